The summed E-state index contributed by atoms with van der Waals surface area (Å²) >= 11 is 8.60. The van der Waals surface area contributed by atoms with Gasteiger partial charge in [0.25, 0.3) is 0 Å². The van der Waals surface area contributed by atoms with Crippen molar-refractivity contribution in [3.05, 3.63) is 83.7 Å². The normalized spacial score (nSPS) is 13.3. The number of nitrogens with zero attached hydrogens (tertiary/aromatic N) is 4. The topological polar surface area (TPSA) is 165 Å². The molecule has 0 aliphatic carbocycles. The van der Waals surface area contributed by atoms with Crippen molar-refractivity contribution in [3.63, 3.8) is 0 Å². The van der Waals surface area contributed by atoms with Gasteiger partial charge in [-0.05, 0) is 74.5 Å². The van der Waals surface area contributed by atoms with Crippen LogP contribution < -0.4 is 16.5 Å². The molecule has 0 spiro atoms. The minimum absolute atomic E-state index is 0.220. The number of aromatic nitrogens is 2. The molecule has 0 saturated carbocycles. The zero-order valence-electron chi connectivity index (χ0n) is 20.0. The number of rotatable bonds is 10. The molecule has 1 unspecified atom stereocenters. The van der Waals surface area contributed by atoms with E-state index in [1.54, 1.807) is 11.8 Å². The number of nitro groups is 2. The van der Waals surface area contributed by atoms with Crippen molar-refractivity contribution in [2.24, 2.45) is 0 Å². The Balaban J connectivity index is 2.02. The van der Waals surface area contributed by atoms with Crippen LogP contribution in [0.25, 0.3) is 5.69 Å². The summed E-state index contributed by atoms with van der Waals surface area (Å²) in [6.45, 7) is 4.97. The first kappa shape index (κ1) is 28.8. The van der Waals surface area contributed by atoms with Gasteiger partial charge in [-0.2, -0.15) is 4.57 Å². The Morgan fingerprint density at radius 2 is 1.65 bits per heavy atom. The van der Waals surface area contributed by atoms with Crippen molar-refractivity contribution >= 4 is 51.9 Å². The highest BCUT2D eigenvalue weighted by Crippen LogP contribution is 2.61. The number of nitro benzene ring substituents is 2. The van der Waals surface area contributed by atoms with Gasteiger partial charge in [0, 0.05) is 27.5 Å². The molecule has 0 aliphatic rings. The van der Waals surface area contributed by atoms with E-state index in [4.69, 9.17) is 20.9 Å². The van der Waals surface area contributed by atoms with Crippen LogP contribution in [0.3, 0.4) is 0 Å². The summed E-state index contributed by atoms with van der Waals surface area (Å²) in [5.74, 6) is -1.23. The smallest absolute Gasteiger partial charge is 0.311 e. The first-order valence-corrected chi connectivity index (χ1v) is 15.7. The monoisotopic (exact) mass is 587 g/mol. The molecule has 1 aromatic heterocycles. The van der Waals surface area contributed by atoms with Gasteiger partial charge in [0.2, 0.25) is 5.69 Å². The molecular weight excluding hydrogens is 565 g/mol. The third kappa shape index (κ3) is 6.97. The Bertz CT molecular complexity index is 1480. The molecule has 13 nitrogen and oxygen atoms in total. The Morgan fingerprint density at radius 3 is 2.19 bits per heavy atom. The number of thioether (sulfide) groups is 1. The molecule has 2 aromatic carbocycles. The highest BCUT2D eigenvalue weighted by molar-refractivity contribution is 8.68. The van der Waals surface area contributed by atoms with Gasteiger partial charge in [0.15, 0.2) is 5.62 Å². The van der Waals surface area contributed by atoms with E-state index in [9.17, 15) is 29.8 Å². The summed E-state index contributed by atoms with van der Waals surface area (Å²) < 4.78 is 11.6. The van der Waals surface area contributed by atoms with Crippen LogP contribution in [0.5, 0.6) is 0 Å². The molecular formula is C20H22N5O8PS3. The van der Waals surface area contributed by atoms with E-state index in [1.165, 1.54) is 11.4 Å². The van der Waals surface area contributed by atoms with E-state index in [-0.39, 0.29) is 4.74 Å². The minimum atomic E-state index is -2.99. The lowest BCUT2D eigenvalue weighted by molar-refractivity contribution is -0.394. The van der Waals surface area contributed by atoms with Crippen LogP contribution in [0.2, 0.25) is 0 Å². The van der Waals surface area contributed by atoms with Crippen molar-refractivity contribution in [3.8, 4) is 5.69 Å². The summed E-state index contributed by atoms with van der Waals surface area (Å²) in [7, 11) is 0. The molecule has 0 radical (unpaired) electrons. The Morgan fingerprint density at radius 1 is 1.08 bits per heavy atom. The van der Waals surface area contributed by atoms with Gasteiger partial charge >= 0.3 is 22.8 Å². The van der Waals surface area contributed by atoms with Crippen LogP contribution in [0.15, 0.2) is 66.4 Å². The zero-order valence-corrected chi connectivity index (χ0v) is 23.3. The number of hydrogen-bond donors (Lipinski definition) is 1. The molecule has 17 heteroatoms. The molecule has 0 fully saturated rings. The van der Waals surface area contributed by atoms with Crippen LogP contribution in [0.4, 0.5) is 11.4 Å². The molecule has 0 aliphatic heterocycles. The third-order valence-corrected chi connectivity index (χ3v) is 10.5. The highest BCUT2D eigenvalue weighted by atomic mass is 32.9. The molecule has 1 atom stereocenters. The second kappa shape index (κ2) is 11.3. The SMILES string of the molecule is CSc1cccc(SP(=S)(NC(C)(C)C)OCn2c(=O)on(-c3c([N+](=O)[O-])cccc3[N+](=O)[O-])c2=O)c1. The standard InChI is InChI=1S/C20H22N5O8PS3/c1-20(2,3)21-34(35,37-14-8-5-7-13(11-14)36-4)32-12-22-18(26)23(33-19(22)27)17-15(24(28)29)9-6-10-16(17)25(30)31/h5-11H,12H2,1-4H3,(H,21,35). The van der Waals surface area contributed by atoms with Crippen molar-refractivity contribution in [1.82, 2.24) is 14.4 Å². The van der Waals surface area contributed by atoms with Crippen LogP contribution in [-0.4, -0.2) is 30.9 Å². The van der Waals surface area contributed by atoms with Gasteiger partial charge in [-0.25, -0.2) is 9.59 Å². The lowest BCUT2D eigenvalue weighted by Crippen LogP contribution is -2.34. The van der Waals surface area contributed by atoms with Gasteiger partial charge in [0.05, 0.1) is 9.85 Å². The van der Waals surface area contributed by atoms with E-state index in [2.05, 4.69) is 5.09 Å². The number of benzene rings is 2. The maximum atomic E-state index is 13.0. The molecule has 37 heavy (non-hydrogen) atoms. The zero-order chi connectivity index (χ0) is 27.5. The van der Waals surface area contributed by atoms with Crippen molar-refractivity contribution in [2.75, 3.05) is 6.26 Å². The lowest BCUT2D eigenvalue weighted by atomic mass is 10.1. The first-order chi connectivity index (χ1) is 17.2. The number of hydrogen-bond acceptors (Lipinski definition) is 11. The van der Waals surface area contributed by atoms with Crippen molar-refractivity contribution in [1.29, 1.82) is 0 Å². The molecule has 0 bridgehead atoms. The average Bonchev–Trinajstić information content (AvgIpc) is 3.08. The number of para-hydroxylation sites is 1. The van der Waals surface area contributed by atoms with Crippen molar-refractivity contribution < 1.29 is 18.9 Å². The number of nitrogens with one attached hydrogen (secondary N) is 1. The fourth-order valence-corrected chi connectivity index (χ4v) is 9.60. The second-order valence-corrected chi connectivity index (χ2v) is 15.7. The fourth-order valence-electron chi connectivity index (χ4n) is 3.05. The minimum Gasteiger partial charge on any atom is -0.311 e. The first-order valence-electron chi connectivity index (χ1n) is 10.4. The average molecular weight is 588 g/mol. The van der Waals surface area contributed by atoms with E-state index >= 15 is 0 Å². The molecule has 1 N–H and O–H groups in total. The summed E-state index contributed by atoms with van der Waals surface area (Å²) in [4.78, 5) is 48.5. The van der Waals surface area contributed by atoms with Crippen molar-refractivity contribution in [2.45, 2.75) is 42.8 Å². The van der Waals surface area contributed by atoms with Crippen LogP contribution in [-0.2, 0) is 23.1 Å². The molecule has 0 amide bonds. The molecule has 3 aromatic rings. The summed E-state index contributed by atoms with van der Waals surface area (Å²) in [5, 5.41) is 26.2. The molecule has 1 heterocycles. The van der Waals surface area contributed by atoms with Gasteiger partial charge in [-0.1, -0.05) is 6.07 Å². The highest BCUT2D eigenvalue weighted by Gasteiger charge is 2.32. The Kier molecular flexibility index (Phi) is 8.82. The van der Waals surface area contributed by atoms with Crippen LogP contribution in [0, 0.1) is 20.2 Å². The fraction of sp³-hybridized carbons (Fsp3) is 0.300. The predicted molar refractivity (Wildman–Crippen MR) is 144 cm³/mol. The van der Waals surface area contributed by atoms with Gasteiger partial charge in [-0.15, -0.1) is 16.5 Å². The van der Waals surface area contributed by atoms with Gasteiger partial charge < -0.3 is 9.05 Å². The molecule has 0 saturated heterocycles. The maximum absolute atomic E-state index is 13.0. The third-order valence-electron chi connectivity index (χ3n) is 4.48. The van der Waals surface area contributed by atoms with Crippen LogP contribution in [0.1, 0.15) is 20.8 Å². The largest absolute Gasteiger partial charge is 0.445 e. The summed E-state index contributed by atoms with van der Waals surface area (Å²) in [6.07, 6.45) is 1.93. The van der Waals surface area contributed by atoms with Gasteiger partial charge in [-0.3, -0.25) is 25.3 Å². The van der Waals surface area contributed by atoms with Crippen LogP contribution >= 0.6 is 28.8 Å². The van der Waals surface area contributed by atoms with E-state index in [1.807, 2.05) is 51.3 Å². The molecule has 3 rings (SSSR count). The van der Waals surface area contributed by atoms with Gasteiger partial charge in [0.1, 0.15) is 6.73 Å². The summed E-state index contributed by atoms with van der Waals surface area (Å²) in [5.41, 5.74) is -7.04. The summed E-state index contributed by atoms with van der Waals surface area (Å²) in [6, 6.07) is 10.6. The predicted octanol–water partition coefficient (Wildman–Crippen LogP) is 4.51. The molecule has 198 valence electrons. The van der Waals surface area contributed by atoms with E-state index < -0.39 is 56.2 Å². The maximum Gasteiger partial charge on any atom is 0.445 e. The lowest BCUT2D eigenvalue weighted by Gasteiger charge is -2.30. The quantitative estimate of drug-likeness (QED) is 0.153. The Labute approximate surface area is 223 Å². The van der Waals surface area contributed by atoms with E-state index in [0.717, 1.165) is 28.0 Å². The Hall–Kier alpha value is -2.75. The van der Waals surface area contributed by atoms with E-state index in [0.29, 0.717) is 4.57 Å². The second-order valence-electron chi connectivity index (χ2n) is 8.41.